The van der Waals surface area contributed by atoms with Gasteiger partial charge in [0.1, 0.15) is 0 Å². The molecule has 4 aliphatic rings. The summed E-state index contributed by atoms with van der Waals surface area (Å²) in [5, 5.41) is 0. The molecular weight excluding hydrogens is 398 g/mol. The Morgan fingerprint density at radius 1 is 0.875 bits per heavy atom. The minimum Gasteiger partial charge on any atom is -0.295 e. The maximum absolute atomic E-state index is 14.0. The number of carbonyl (C=O) groups is 3. The molecule has 2 atom stereocenters. The molecule has 2 amide bonds. The molecule has 0 aromatic heterocycles. The molecule has 4 nitrogen and oxygen atoms in total. The van der Waals surface area contributed by atoms with Gasteiger partial charge in [-0.25, -0.2) is 4.90 Å². The highest BCUT2D eigenvalue weighted by Crippen LogP contribution is 2.65. The first-order valence-electron chi connectivity index (χ1n) is 11.2. The second-order valence-electron chi connectivity index (χ2n) is 9.10. The van der Waals surface area contributed by atoms with Gasteiger partial charge in [-0.15, -0.1) is 0 Å². The maximum Gasteiger partial charge on any atom is 0.238 e. The molecule has 0 saturated carbocycles. The molecule has 1 fully saturated rings. The van der Waals surface area contributed by atoms with E-state index in [4.69, 9.17) is 0 Å². The predicted octanol–water partition coefficient (Wildman–Crippen LogP) is 4.85. The van der Waals surface area contributed by atoms with Gasteiger partial charge in [-0.3, -0.25) is 14.4 Å². The van der Waals surface area contributed by atoms with E-state index in [0.717, 1.165) is 17.5 Å². The van der Waals surface area contributed by atoms with Crippen molar-refractivity contribution < 1.29 is 14.4 Å². The van der Waals surface area contributed by atoms with Crippen molar-refractivity contribution >= 4 is 23.3 Å². The second-order valence-corrected chi connectivity index (χ2v) is 9.10. The van der Waals surface area contributed by atoms with Gasteiger partial charge in [0, 0.05) is 16.9 Å². The van der Waals surface area contributed by atoms with Crippen molar-refractivity contribution in [3.8, 4) is 0 Å². The fraction of sp³-hybridized carbons (Fsp3) is 0.250. The number of nitrogens with zero attached hydrogens (tertiary/aromatic N) is 1. The lowest BCUT2D eigenvalue weighted by Crippen LogP contribution is -2.53. The average Bonchev–Trinajstić information content (AvgIpc) is 3.10. The van der Waals surface area contributed by atoms with Gasteiger partial charge >= 0.3 is 0 Å². The number of hydrogen-bond acceptors (Lipinski definition) is 3. The Bertz CT molecular complexity index is 1280. The maximum atomic E-state index is 14.0. The predicted molar refractivity (Wildman–Crippen MR) is 122 cm³/mol. The molecule has 3 aliphatic carbocycles. The van der Waals surface area contributed by atoms with Crippen LogP contribution in [0.4, 0.5) is 5.69 Å². The normalized spacial score (nSPS) is 27.2. The van der Waals surface area contributed by atoms with Crippen LogP contribution in [0.3, 0.4) is 0 Å². The monoisotopic (exact) mass is 421 g/mol. The zero-order valence-electron chi connectivity index (χ0n) is 18.0. The van der Waals surface area contributed by atoms with Gasteiger partial charge in [0.25, 0.3) is 0 Å². The highest BCUT2D eigenvalue weighted by molar-refractivity contribution is 6.24. The fourth-order valence-electron chi connectivity index (χ4n) is 6.65. The van der Waals surface area contributed by atoms with Gasteiger partial charge in [-0.2, -0.15) is 0 Å². The van der Waals surface area contributed by atoms with Crippen molar-refractivity contribution in [2.45, 2.75) is 31.6 Å². The van der Waals surface area contributed by atoms with E-state index in [2.05, 4.69) is 31.2 Å². The largest absolute Gasteiger partial charge is 0.295 e. The zero-order chi connectivity index (χ0) is 22.2. The second kappa shape index (κ2) is 6.49. The smallest absolute Gasteiger partial charge is 0.238 e. The van der Waals surface area contributed by atoms with E-state index in [9.17, 15) is 14.4 Å². The van der Waals surface area contributed by atoms with Crippen LogP contribution in [-0.2, 0) is 15.0 Å². The Hall–Kier alpha value is -3.53. The van der Waals surface area contributed by atoms with Crippen LogP contribution in [0, 0.1) is 11.8 Å². The molecule has 0 N–H and O–H groups in total. The molecule has 7 rings (SSSR count). The number of amides is 2. The summed E-state index contributed by atoms with van der Waals surface area (Å²) < 4.78 is 0. The number of carbonyl (C=O) groups excluding carboxylic acids is 3. The van der Waals surface area contributed by atoms with Crippen LogP contribution >= 0.6 is 0 Å². The molecular formula is C28H23NO3. The molecule has 3 aromatic carbocycles. The molecule has 158 valence electrons. The zero-order valence-corrected chi connectivity index (χ0v) is 18.0. The summed E-state index contributed by atoms with van der Waals surface area (Å²) in [6, 6.07) is 23.5. The Morgan fingerprint density at radius 3 is 2.09 bits per heavy atom. The summed E-state index contributed by atoms with van der Waals surface area (Å²) >= 11 is 0. The molecule has 1 saturated heterocycles. The standard InChI is InChI=1S/C28H23NO3/c1-3-28-21-13-6-4-11-19(21)23(20-12-5-7-14-22(20)28)24-25(28)27(32)29(26(24)31)18-10-8-9-17(15-18)16(2)30/h4-15,23-25H,3H2,1-2H3/t23?,24-,25+,28?/m0/s1. The number of benzene rings is 3. The van der Waals surface area contributed by atoms with E-state index < -0.39 is 17.3 Å². The van der Waals surface area contributed by atoms with Crippen LogP contribution in [0.2, 0.25) is 0 Å². The van der Waals surface area contributed by atoms with Crippen molar-refractivity contribution in [3.63, 3.8) is 0 Å². The lowest BCUT2D eigenvalue weighted by Gasteiger charge is -2.54. The Balaban J connectivity index is 1.61. The van der Waals surface area contributed by atoms with Crippen molar-refractivity contribution in [3.05, 3.63) is 101 Å². The Labute approximate surface area is 186 Å². The number of imide groups is 1. The fourth-order valence-corrected chi connectivity index (χ4v) is 6.65. The Kier molecular flexibility index (Phi) is 3.89. The first-order valence-corrected chi connectivity index (χ1v) is 11.2. The number of ketones is 1. The third-order valence-electron chi connectivity index (χ3n) is 7.86. The molecule has 1 aliphatic heterocycles. The lowest BCUT2D eigenvalue weighted by molar-refractivity contribution is -0.123. The third-order valence-corrected chi connectivity index (χ3v) is 7.86. The summed E-state index contributed by atoms with van der Waals surface area (Å²) in [5.74, 6) is -1.43. The molecule has 1 heterocycles. The molecule has 0 unspecified atom stereocenters. The van der Waals surface area contributed by atoms with Gasteiger partial charge in [-0.1, -0.05) is 67.6 Å². The summed E-state index contributed by atoms with van der Waals surface area (Å²) in [6.07, 6.45) is 0.731. The highest BCUT2D eigenvalue weighted by atomic mass is 16.2. The number of Topliss-reactive ketones (excluding diaryl/α,β-unsaturated/α-hetero) is 1. The minimum absolute atomic E-state index is 0.0896. The molecule has 0 radical (unpaired) electrons. The summed E-state index contributed by atoms with van der Waals surface area (Å²) in [6.45, 7) is 3.61. The summed E-state index contributed by atoms with van der Waals surface area (Å²) in [5.41, 5.74) is 5.12. The number of anilines is 1. The first-order chi connectivity index (χ1) is 15.5. The van der Waals surface area contributed by atoms with E-state index in [1.165, 1.54) is 23.0 Å². The minimum atomic E-state index is -0.535. The van der Waals surface area contributed by atoms with E-state index in [0.29, 0.717) is 11.3 Å². The van der Waals surface area contributed by atoms with Crippen LogP contribution in [0.1, 0.15) is 58.8 Å². The molecule has 2 bridgehead atoms. The summed E-state index contributed by atoms with van der Waals surface area (Å²) in [7, 11) is 0. The Morgan fingerprint density at radius 2 is 1.50 bits per heavy atom. The number of hydrogen-bond donors (Lipinski definition) is 0. The van der Waals surface area contributed by atoms with Crippen molar-refractivity contribution in [2.75, 3.05) is 4.90 Å². The van der Waals surface area contributed by atoms with Gasteiger partial charge < -0.3 is 0 Å². The van der Waals surface area contributed by atoms with Crippen molar-refractivity contribution in [1.29, 1.82) is 0 Å². The number of rotatable bonds is 3. The highest BCUT2D eigenvalue weighted by Gasteiger charge is 2.67. The third kappa shape index (κ3) is 2.15. The van der Waals surface area contributed by atoms with Crippen LogP contribution in [0.5, 0.6) is 0 Å². The van der Waals surface area contributed by atoms with Crippen LogP contribution in [0.25, 0.3) is 0 Å². The van der Waals surface area contributed by atoms with E-state index in [-0.39, 0.29) is 23.5 Å². The SMILES string of the molecule is CCC12c3ccccc3C(c3ccccc31)[C@@H]1C(=O)N(c3cccc(C(C)=O)c3)C(=O)[C@@H]12. The molecule has 4 heteroatoms. The van der Waals surface area contributed by atoms with Crippen molar-refractivity contribution in [2.24, 2.45) is 11.8 Å². The summed E-state index contributed by atoms with van der Waals surface area (Å²) in [4.78, 5) is 41.2. The van der Waals surface area contributed by atoms with E-state index >= 15 is 0 Å². The van der Waals surface area contributed by atoms with Crippen molar-refractivity contribution in [1.82, 2.24) is 0 Å². The van der Waals surface area contributed by atoms with Crippen LogP contribution in [0.15, 0.2) is 72.8 Å². The van der Waals surface area contributed by atoms with E-state index in [1.807, 2.05) is 24.3 Å². The first kappa shape index (κ1) is 19.2. The quantitative estimate of drug-likeness (QED) is 0.449. The van der Waals surface area contributed by atoms with Crippen LogP contribution < -0.4 is 4.90 Å². The molecule has 0 spiro atoms. The van der Waals surface area contributed by atoms with Gasteiger partial charge in [0.05, 0.1) is 17.5 Å². The molecule has 32 heavy (non-hydrogen) atoms. The molecule has 3 aromatic rings. The topological polar surface area (TPSA) is 54.5 Å². The average molecular weight is 421 g/mol. The van der Waals surface area contributed by atoms with Gasteiger partial charge in [-0.05, 0) is 47.7 Å². The van der Waals surface area contributed by atoms with Gasteiger partial charge in [0.2, 0.25) is 11.8 Å². The van der Waals surface area contributed by atoms with Crippen LogP contribution in [-0.4, -0.2) is 17.6 Å². The van der Waals surface area contributed by atoms with E-state index in [1.54, 1.807) is 24.3 Å². The lowest BCUT2D eigenvalue weighted by atomic mass is 9.46. The van der Waals surface area contributed by atoms with Gasteiger partial charge in [0.15, 0.2) is 5.78 Å².